The number of thiocarbonyl (C=S) groups is 1. The highest BCUT2D eigenvalue weighted by Crippen LogP contribution is 2.29. The molecule has 0 saturated carbocycles. The number of halogens is 4. The number of aryl methyl sites for hydroxylation is 1. The van der Waals surface area contributed by atoms with E-state index in [1.165, 1.54) is 11.4 Å². The Labute approximate surface area is 211 Å². The molecule has 4 rings (SSSR count). The van der Waals surface area contributed by atoms with Gasteiger partial charge in [0.25, 0.3) is 0 Å². The lowest BCUT2D eigenvalue weighted by Crippen LogP contribution is -2.43. The van der Waals surface area contributed by atoms with Gasteiger partial charge in [-0.05, 0) is 24.3 Å². The molecule has 0 aliphatic heterocycles. The maximum absolute atomic E-state index is 14.4. The Morgan fingerprint density at radius 2 is 1.86 bits per heavy atom. The maximum Gasteiger partial charge on any atom is 0.355 e. The van der Waals surface area contributed by atoms with Crippen molar-refractivity contribution >= 4 is 51.7 Å². The molecule has 0 atom stereocenters. The molecule has 186 valence electrons. The van der Waals surface area contributed by atoms with Crippen LogP contribution in [0.25, 0.3) is 10.9 Å². The number of hydrogen-bond donors (Lipinski definition) is 2. The number of fused-ring (bicyclic) bond motifs is 1. The van der Waals surface area contributed by atoms with E-state index in [9.17, 15) is 22.8 Å². The first-order chi connectivity index (χ1) is 17.1. The van der Waals surface area contributed by atoms with Crippen LogP contribution in [-0.4, -0.2) is 29.3 Å². The van der Waals surface area contributed by atoms with Crippen molar-refractivity contribution in [2.24, 2.45) is 12.8 Å². The number of nitrogens with zero attached hydrogens (tertiary/aromatic N) is 5. The van der Waals surface area contributed by atoms with E-state index in [1.54, 1.807) is 30.1 Å². The lowest BCUT2D eigenvalue weighted by molar-refractivity contribution is 0.485. The summed E-state index contributed by atoms with van der Waals surface area (Å²) >= 11 is 11.1. The van der Waals surface area contributed by atoms with Gasteiger partial charge in [-0.15, -0.1) is 0 Å². The average molecular weight is 536 g/mol. The van der Waals surface area contributed by atoms with E-state index in [2.05, 4.69) is 15.4 Å². The van der Waals surface area contributed by atoms with Crippen molar-refractivity contribution in [1.29, 1.82) is 0 Å². The van der Waals surface area contributed by atoms with Crippen LogP contribution in [0.15, 0.2) is 51.8 Å². The van der Waals surface area contributed by atoms with Gasteiger partial charge in [-0.3, -0.25) is 9.25 Å². The molecule has 0 radical (unpaired) electrons. The molecule has 0 bridgehead atoms. The Kier molecular flexibility index (Phi) is 6.95. The predicted molar refractivity (Wildman–Crippen MR) is 133 cm³/mol. The summed E-state index contributed by atoms with van der Waals surface area (Å²) in [6.07, 6.45) is 3.03. The molecule has 9 nitrogen and oxygen atoms in total. The standard InChI is InChI=1S/C22H17ClF3N7O2S/c1-31-8-12-5-19(14(23)6-18(12)30-31)28-20-29-21(34)33(10-13(27)2-3-36)22(35)32(20)9-11-4-16(25)17(26)7-15(11)24/h2-8H,9-10,27H2,1H3,(H,28,29,34). The summed E-state index contributed by atoms with van der Waals surface area (Å²) in [5.41, 5.74) is 4.46. The SMILES string of the molecule is Cn1cc2cc(Nc3nc(=O)n(CC(N)=CC=S)c(=O)n3Cc3cc(F)c(F)cc3F)c(Cl)cc2n1. The van der Waals surface area contributed by atoms with Crippen LogP contribution in [0.2, 0.25) is 5.02 Å². The third kappa shape index (κ3) is 5.02. The van der Waals surface area contributed by atoms with Gasteiger partial charge >= 0.3 is 11.4 Å². The number of allylic oxidation sites excluding steroid dienone is 2. The molecule has 0 unspecified atom stereocenters. The Bertz CT molecular complexity index is 1660. The van der Waals surface area contributed by atoms with Crippen LogP contribution in [0.1, 0.15) is 5.56 Å². The van der Waals surface area contributed by atoms with Crippen molar-refractivity contribution < 1.29 is 13.2 Å². The normalized spacial score (nSPS) is 11.8. The van der Waals surface area contributed by atoms with Gasteiger partial charge in [-0.1, -0.05) is 23.8 Å². The van der Waals surface area contributed by atoms with Crippen molar-refractivity contribution in [2.45, 2.75) is 13.1 Å². The van der Waals surface area contributed by atoms with Crippen LogP contribution in [0, 0.1) is 17.5 Å². The largest absolute Gasteiger partial charge is 0.401 e. The fourth-order valence-corrected chi connectivity index (χ4v) is 3.85. The molecule has 0 saturated heterocycles. The van der Waals surface area contributed by atoms with Crippen molar-refractivity contribution in [1.82, 2.24) is 23.9 Å². The summed E-state index contributed by atoms with van der Waals surface area (Å²) < 4.78 is 44.9. The molecule has 0 aliphatic rings. The molecule has 4 aromatic rings. The second-order valence-electron chi connectivity index (χ2n) is 7.73. The molecule has 0 aliphatic carbocycles. The van der Waals surface area contributed by atoms with Gasteiger partial charge < -0.3 is 11.1 Å². The predicted octanol–water partition coefficient (Wildman–Crippen LogP) is 3.00. The molecule has 0 amide bonds. The zero-order valence-electron chi connectivity index (χ0n) is 18.5. The van der Waals surface area contributed by atoms with Crippen molar-refractivity contribution in [3.63, 3.8) is 0 Å². The monoisotopic (exact) mass is 535 g/mol. The molecular weight excluding hydrogens is 519 g/mol. The summed E-state index contributed by atoms with van der Waals surface area (Å²) in [4.78, 5) is 29.9. The minimum atomic E-state index is -1.39. The minimum Gasteiger partial charge on any atom is -0.401 e. The van der Waals surface area contributed by atoms with E-state index in [4.69, 9.17) is 29.6 Å². The third-order valence-electron chi connectivity index (χ3n) is 5.14. The zero-order chi connectivity index (χ0) is 26.1. The Morgan fingerprint density at radius 1 is 1.14 bits per heavy atom. The molecule has 14 heteroatoms. The Morgan fingerprint density at radius 3 is 2.58 bits per heavy atom. The molecular formula is C22H17ClF3N7O2S. The topological polar surface area (TPSA) is 113 Å². The molecule has 0 fully saturated rings. The Balaban J connectivity index is 1.87. The summed E-state index contributed by atoms with van der Waals surface area (Å²) in [6.45, 7) is -0.957. The summed E-state index contributed by atoms with van der Waals surface area (Å²) in [7, 11) is 1.72. The highest BCUT2D eigenvalue weighted by molar-refractivity contribution is 7.79. The molecule has 0 spiro atoms. The van der Waals surface area contributed by atoms with Crippen LogP contribution in [0.3, 0.4) is 0 Å². The minimum absolute atomic E-state index is 0.0855. The van der Waals surface area contributed by atoms with E-state index in [1.807, 2.05) is 0 Å². The summed E-state index contributed by atoms with van der Waals surface area (Å²) in [6, 6.07) is 4.16. The number of aromatic nitrogens is 5. The first-order valence-electron chi connectivity index (χ1n) is 10.2. The van der Waals surface area contributed by atoms with E-state index >= 15 is 0 Å². The molecule has 36 heavy (non-hydrogen) atoms. The number of hydrogen-bond acceptors (Lipinski definition) is 7. The highest BCUT2D eigenvalue weighted by Gasteiger charge is 2.19. The summed E-state index contributed by atoms with van der Waals surface area (Å²) in [5.74, 6) is -4.11. The van der Waals surface area contributed by atoms with Crippen LogP contribution >= 0.6 is 23.8 Å². The quantitative estimate of drug-likeness (QED) is 0.212. The maximum atomic E-state index is 14.4. The molecule has 2 heterocycles. The fraction of sp³-hybridized carbons (Fsp3) is 0.136. The van der Waals surface area contributed by atoms with E-state index < -0.39 is 35.4 Å². The van der Waals surface area contributed by atoms with Gasteiger partial charge in [0.2, 0.25) is 5.95 Å². The van der Waals surface area contributed by atoms with Gasteiger partial charge in [0, 0.05) is 41.3 Å². The van der Waals surface area contributed by atoms with Gasteiger partial charge in [0.15, 0.2) is 11.6 Å². The van der Waals surface area contributed by atoms with Crippen LogP contribution < -0.4 is 22.4 Å². The van der Waals surface area contributed by atoms with Crippen molar-refractivity contribution in [3.8, 4) is 0 Å². The zero-order valence-corrected chi connectivity index (χ0v) is 20.1. The highest BCUT2D eigenvalue weighted by atomic mass is 35.5. The number of rotatable bonds is 7. The van der Waals surface area contributed by atoms with E-state index in [-0.39, 0.29) is 34.5 Å². The third-order valence-corrected chi connectivity index (χ3v) is 5.59. The number of anilines is 2. The lowest BCUT2D eigenvalue weighted by atomic mass is 10.2. The first kappa shape index (κ1) is 25.1. The second-order valence-corrected chi connectivity index (χ2v) is 8.41. The number of nitrogens with two attached hydrogens (primary N) is 1. The smallest absolute Gasteiger partial charge is 0.355 e. The lowest BCUT2D eigenvalue weighted by Gasteiger charge is -2.17. The van der Waals surface area contributed by atoms with Gasteiger partial charge in [-0.25, -0.2) is 27.3 Å². The van der Waals surface area contributed by atoms with Crippen LogP contribution in [0.4, 0.5) is 24.8 Å². The number of benzene rings is 2. The van der Waals surface area contributed by atoms with Crippen LogP contribution in [-0.2, 0) is 20.1 Å². The summed E-state index contributed by atoms with van der Waals surface area (Å²) in [5, 5.41) is 9.14. The number of nitrogens with one attached hydrogen (secondary N) is 1. The molecule has 2 aromatic heterocycles. The molecule has 3 N–H and O–H groups in total. The van der Waals surface area contributed by atoms with E-state index in [0.717, 1.165) is 4.57 Å². The van der Waals surface area contributed by atoms with Crippen molar-refractivity contribution in [2.75, 3.05) is 5.32 Å². The van der Waals surface area contributed by atoms with Crippen LogP contribution in [0.5, 0.6) is 0 Å². The van der Waals surface area contributed by atoms with Gasteiger partial charge in [0.05, 0.1) is 29.3 Å². The molecule has 2 aromatic carbocycles. The Hall–Kier alpha value is -3.97. The fourth-order valence-electron chi connectivity index (χ4n) is 3.47. The second kappa shape index (κ2) is 9.95. The van der Waals surface area contributed by atoms with Gasteiger partial charge in [-0.2, -0.15) is 10.1 Å². The average Bonchev–Trinajstić information content (AvgIpc) is 3.16. The first-order valence-corrected chi connectivity index (χ1v) is 11.1. The van der Waals surface area contributed by atoms with E-state index in [0.29, 0.717) is 27.6 Å². The van der Waals surface area contributed by atoms with Crippen molar-refractivity contribution in [3.05, 3.63) is 91.2 Å². The van der Waals surface area contributed by atoms with Gasteiger partial charge in [0.1, 0.15) is 5.82 Å².